The molecule has 2 atom stereocenters. The molecule has 7 heteroatoms. The Labute approximate surface area is 143 Å². The molecular formula is C17H19N3O3S. The lowest BCUT2D eigenvalue weighted by Gasteiger charge is -2.29. The molecule has 2 fully saturated rings. The molecule has 2 saturated heterocycles. The number of anilines is 1. The maximum atomic E-state index is 12.6. The number of furan rings is 1. The van der Waals surface area contributed by atoms with Gasteiger partial charge >= 0.3 is 0 Å². The Bertz CT molecular complexity index is 728. The Morgan fingerprint density at radius 2 is 1.96 bits per heavy atom. The summed E-state index contributed by atoms with van der Waals surface area (Å²) in [6, 6.07) is 6.23. The lowest BCUT2D eigenvalue weighted by molar-refractivity contribution is 0.0925. The zero-order valence-electron chi connectivity index (χ0n) is 13.1. The van der Waals surface area contributed by atoms with E-state index >= 15 is 0 Å². The van der Waals surface area contributed by atoms with Gasteiger partial charge in [0.1, 0.15) is 5.00 Å². The first kappa shape index (κ1) is 15.4. The normalized spacial score (nSPS) is 25.4. The molecule has 2 amide bonds. The minimum absolute atomic E-state index is 0.128. The lowest BCUT2D eigenvalue weighted by atomic mass is 9.99. The van der Waals surface area contributed by atoms with Gasteiger partial charge < -0.3 is 20.4 Å². The van der Waals surface area contributed by atoms with Crippen LogP contribution >= 0.6 is 11.3 Å². The van der Waals surface area contributed by atoms with E-state index in [1.807, 2.05) is 0 Å². The van der Waals surface area contributed by atoms with Gasteiger partial charge in [-0.2, -0.15) is 0 Å². The third kappa shape index (κ3) is 3.09. The highest BCUT2D eigenvalue weighted by molar-refractivity contribution is 7.14. The van der Waals surface area contributed by atoms with Gasteiger partial charge in [-0.1, -0.05) is 0 Å². The van der Waals surface area contributed by atoms with E-state index in [-0.39, 0.29) is 23.6 Å². The average molecular weight is 345 g/mol. The number of amides is 2. The molecule has 0 saturated carbocycles. The minimum Gasteiger partial charge on any atom is -0.459 e. The van der Waals surface area contributed by atoms with Crippen molar-refractivity contribution in [1.29, 1.82) is 0 Å². The van der Waals surface area contributed by atoms with E-state index in [1.165, 1.54) is 30.4 Å². The molecule has 2 aliphatic heterocycles. The van der Waals surface area contributed by atoms with Gasteiger partial charge in [-0.25, -0.2) is 0 Å². The van der Waals surface area contributed by atoms with Gasteiger partial charge in [-0.3, -0.25) is 9.59 Å². The first-order chi connectivity index (χ1) is 11.7. The summed E-state index contributed by atoms with van der Waals surface area (Å²) in [5.41, 5.74) is 0.505. The van der Waals surface area contributed by atoms with Crippen molar-refractivity contribution in [3.63, 3.8) is 0 Å². The molecule has 0 radical (unpaired) electrons. The summed E-state index contributed by atoms with van der Waals surface area (Å²) >= 11 is 1.33. The maximum Gasteiger partial charge on any atom is 0.291 e. The summed E-state index contributed by atoms with van der Waals surface area (Å²) in [5, 5.41) is 11.8. The molecule has 4 rings (SSSR count). The quantitative estimate of drug-likeness (QED) is 0.795. The van der Waals surface area contributed by atoms with Crippen molar-refractivity contribution in [2.24, 2.45) is 0 Å². The Morgan fingerprint density at radius 3 is 2.67 bits per heavy atom. The van der Waals surface area contributed by atoms with Crippen LogP contribution in [0.5, 0.6) is 0 Å². The summed E-state index contributed by atoms with van der Waals surface area (Å²) in [6.45, 7) is 0. The monoisotopic (exact) mass is 345 g/mol. The van der Waals surface area contributed by atoms with Crippen molar-refractivity contribution < 1.29 is 14.0 Å². The number of rotatable bonds is 4. The number of hydrogen-bond acceptors (Lipinski definition) is 5. The van der Waals surface area contributed by atoms with Crippen LogP contribution in [0.1, 0.15) is 46.6 Å². The van der Waals surface area contributed by atoms with Crippen LogP contribution < -0.4 is 16.0 Å². The molecule has 2 bridgehead atoms. The minimum atomic E-state index is -0.351. The van der Waals surface area contributed by atoms with Gasteiger partial charge in [0.05, 0.1) is 11.8 Å². The van der Waals surface area contributed by atoms with Crippen molar-refractivity contribution in [1.82, 2.24) is 10.6 Å². The van der Waals surface area contributed by atoms with E-state index in [1.54, 1.807) is 23.6 Å². The van der Waals surface area contributed by atoms with Crippen molar-refractivity contribution in [3.8, 4) is 0 Å². The van der Waals surface area contributed by atoms with E-state index in [2.05, 4.69) is 16.0 Å². The van der Waals surface area contributed by atoms with Gasteiger partial charge in [-0.15, -0.1) is 11.3 Å². The summed E-state index contributed by atoms with van der Waals surface area (Å²) in [6.07, 6.45) is 5.78. The van der Waals surface area contributed by atoms with Crippen LogP contribution in [0.15, 0.2) is 34.3 Å². The molecule has 6 nitrogen and oxygen atoms in total. The first-order valence-corrected chi connectivity index (χ1v) is 9.06. The molecule has 0 aromatic carbocycles. The largest absolute Gasteiger partial charge is 0.459 e. The van der Waals surface area contributed by atoms with Crippen LogP contribution in [0, 0.1) is 0 Å². The molecule has 2 aromatic rings. The molecule has 2 aliphatic rings. The Hall–Kier alpha value is -2.12. The SMILES string of the molecule is O=C(Nc1sccc1C(=O)NC1CC2CCC(C1)N2)c1ccco1. The van der Waals surface area contributed by atoms with E-state index < -0.39 is 0 Å². The molecule has 126 valence electrons. The number of hydrogen-bond donors (Lipinski definition) is 3. The van der Waals surface area contributed by atoms with Crippen molar-refractivity contribution in [2.75, 3.05) is 5.32 Å². The Morgan fingerprint density at radius 1 is 1.17 bits per heavy atom. The Kier molecular flexibility index (Phi) is 4.12. The number of fused-ring (bicyclic) bond motifs is 2. The van der Waals surface area contributed by atoms with Gasteiger partial charge in [0.2, 0.25) is 0 Å². The number of piperidine rings is 1. The fourth-order valence-corrected chi connectivity index (χ4v) is 4.38. The second kappa shape index (κ2) is 6.41. The van der Waals surface area contributed by atoms with Crippen molar-refractivity contribution in [2.45, 2.75) is 43.8 Å². The second-order valence-corrected chi connectivity index (χ2v) is 7.29. The van der Waals surface area contributed by atoms with Gasteiger partial charge in [-0.05, 0) is 49.3 Å². The highest BCUT2D eigenvalue weighted by Crippen LogP contribution is 2.28. The maximum absolute atomic E-state index is 12.6. The molecular weight excluding hydrogens is 326 g/mol. The van der Waals surface area contributed by atoms with E-state index in [0.717, 1.165) is 12.8 Å². The topological polar surface area (TPSA) is 83.4 Å². The lowest BCUT2D eigenvalue weighted by Crippen LogP contribution is -2.48. The third-order valence-corrected chi connectivity index (χ3v) is 5.52. The summed E-state index contributed by atoms with van der Waals surface area (Å²) < 4.78 is 5.08. The molecule has 24 heavy (non-hydrogen) atoms. The molecule has 0 aliphatic carbocycles. The van der Waals surface area contributed by atoms with Gasteiger partial charge in [0.15, 0.2) is 5.76 Å². The fraction of sp³-hybridized carbons (Fsp3) is 0.412. The van der Waals surface area contributed by atoms with Crippen LogP contribution in [-0.2, 0) is 0 Å². The smallest absolute Gasteiger partial charge is 0.291 e. The number of carbonyl (C=O) groups is 2. The first-order valence-electron chi connectivity index (χ1n) is 8.18. The predicted octanol–water partition coefficient (Wildman–Crippen LogP) is 2.61. The summed E-state index contributed by atoms with van der Waals surface area (Å²) in [4.78, 5) is 24.7. The summed E-state index contributed by atoms with van der Waals surface area (Å²) in [5.74, 6) is -0.251. The zero-order chi connectivity index (χ0) is 16.5. The van der Waals surface area contributed by atoms with Crippen molar-refractivity contribution >= 4 is 28.2 Å². The second-order valence-electron chi connectivity index (χ2n) is 6.37. The van der Waals surface area contributed by atoms with Gasteiger partial charge in [0.25, 0.3) is 11.8 Å². The summed E-state index contributed by atoms with van der Waals surface area (Å²) in [7, 11) is 0. The standard InChI is InChI=1S/C17H19N3O3S/c21-15(19-12-8-10-3-4-11(9-12)18-10)13-5-7-24-17(13)20-16(22)14-2-1-6-23-14/h1-2,5-7,10-12,18H,3-4,8-9H2,(H,19,21)(H,20,22). The molecule has 2 unspecified atom stereocenters. The molecule has 4 heterocycles. The zero-order valence-corrected chi connectivity index (χ0v) is 13.9. The Balaban J connectivity index is 1.42. The van der Waals surface area contributed by atoms with Crippen LogP contribution in [0.4, 0.5) is 5.00 Å². The third-order valence-electron chi connectivity index (χ3n) is 4.69. The number of thiophene rings is 1. The van der Waals surface area contributed by atoms with Gasteiger partial charge in [0, 0.05) is 18.1 Å². The van der Waals surface area contributed by atoms with Crippen LogP contribution in [0.2, 0.25) is 0 Å². The van der Waals surface area contributed by atoms with E-state index in [0.29, 0.717) is 22.6 Å². The number of carbonyl (C=O) groups excluding carboxylic acids is 2. The predicted molar refractivity (Wildman–Crippen MR) is 91.4 cm³/mol. The highest BCUT2D eigenvalue weighted by Gasteiger charge is 2.34. The van der Waals surface area contributed by atoms with E-state index in [4.69, 9.17) is 4.42 Å². The fourth-order valence-electron chi connectivity index (χ4n) is 3.60. The highest BCUT2D eigenvalue weighted by atomic mass is 32.1. The average Bonchev–Trinajstić information content (AvgIpc) is 3.28. The van der Waals surface area contributed by atoms with Crippen LogP contribution in [-0.4, -0.2) is 29.9 Å². The molecule has 0 spiro atoms. The van der Waals surface area contributed by atoms with Crippen molar-refractivity contribution in [3.05, 3.63) is 41.2 Å². The number of nitrogens with one attached hydrogen (secondary N) is 3. The molecule has 2 aromatic heterocycles. The molecule has 3 N–H and O–H groups in total. The van der Waals surface area contributed by atoms with Crippen LogP contribution in [0.3, 0.4) is 0 Å². The van der Waals surface area contributed by atoms with E-state index in [9.17, 15) is 9.59 Å². The van der Waals surface area contributed by atoms with Crippen LogP contribution in [0.25, 0.3) is 0 Å².